The molecule has 0 spiro atoms. The molecule has 0 radical (unpaired) electrons. The van der Waals surface area contributed by atoms with Gasteiger partial charge in [0.15, 0.2) is 0 Å². The number of imide groups is 1. The standard InChI is InChI=1S/C12H14N2O2/c13-8-10(9-4-2-1-3-5-9)14-11(15)6-7-12(14)16/h1-5,10H,6-8,13H2. The van der Waals surface area contributed by atoms with E-state index in [1.54, 1.807) is 0 Å². The molecule has 2 rings (SSSR count). The summed E-state index contributed by atoms with van der Waals surface area (Å²) in [5.41, 5.74) is 6.57. The van der Waals surface area contributed by atoms with Crippen LogP contribution in [0, 0.1) is 0 Å². The van der Waals surface area contributed by atoms with E-state index in [1.807, 2.05) is 30.3 Å². The molecular formula is C12H14N2O2. The molecule has 84 valence electrons. The summed E-state index contributed by atoms with van der Waals surface area (Å²) in [6, 6.07) is 9.10. The molecule has 1 aliphatic heterocycles. The normalized spacial score (nSPS) is 17.9. The van der Waals surface area contributed by atoms with Crippen molar-refractivity contribution >= 4 is 11.8 Å². The third-order valence-electron chi connectivity index (χ3n) is 2.81. The molecule has 0 bridgehead atoms. The second kappa shape index (κ2) is 4.45. The summed E-state index contributed by atoms with van der Waals surface area (Å²) in [7, 11) is 0. The van der Waals surface area contributed by atoms with Crippen LogP contribution in [0.3, 0.4) is 0 Å². The second-order valence-corrected chi connectivity index (χ2v) is 3.82. The number of rotatable bonds is 3. The van der Waals surface area contributed by atoms with Crippen molar-refractivity contribution in [3.05, 3.63) is 35.9 Å². The van der Waals surface area contributed by atoms with Crippen LogP contribution in [0.25, 0.3) is 0 Å². The Morgan fingerprint density at radius 2 is 1.69 bits per heavy atom. The highest BCUT2D eigenvalue weighted by atomic mass is 16.2. The molecule has 2 N–H and O–H groups in total. The predicted octanol–water partition coefficient (Wildman–Crippen LogP) is 0.835. The van der Waals surface area contributed by atoms with Crippen molar-refractivity contribution in [1.82, 2.24) is 4.90 Å². The highest BCUT2D eigenvalue weighted by Gasteiger charge is 2.34. The van der Waals surface area contributed by atoms with E-state index in [9.17, 15) is 9.59 Å². The summed E-state index contributed by atoms with van der Waals surface area (Å²) in [5, 5.41) is 0. The molecule has 4 nitrogen and oxygen atoms in total. The fourth-order valence-corrected chi connectivity index (χ4v) is 2.01. The zero-order valence-electron chi connectivity index (χ0n) is 8.93. The molecule has 2 amide bonds. The van der Waals surface area contributed by atoms with Crippen molar-refractivity contribution in [2.45, 2.75) is 18.9 Å². The molecule has 1 aromatic rings. The zero-order valence-corrected chi connectivity index (χ0v) is 8.93. The van der Waals surface area contributed by atoms with Crippen LogP contribution >= 0.6 is 0 Å². The molecule has 16 heavy (non-hydrogen) atoms. The second-order valence-electron chi connectivity index (χ2n) is 3.82. The quantitative estimate of drug-likeness (QED) is 0.764. The Kier molecular flexibility index (Phi) is 3.01. The predicted molar refractivity (Wildman–Crippen MR) is 59.3 cm³/mol. The number of nitrogens with zero attached hydrogens (tertiary/aromatic N) is 1. The van der Waals surface area contributed by atoms with E-state index >= 15 is 0 Å². The fourth-order valence-electron chi connectivity index (χ4n) is 2.01. The summed E-state index contributed by atoms with van der Waals surface area (Å²) in [5.74, 6) is -0.242. The molecule has 1 unspecified atom stereocenters. The molecule has 1 fully saturated rings. The SMILES string of the molecule is NCC(c1ccccc1)N1C(=O)CCC1=O. The lowest BCUT2D eigenvalue weighted by atomic mass is 10.1. The van der Waals surface area contributed by atoms with Gasteiger partial charge in [0.2, 0.25) is 11.8 Å². The van der Waals surface area contributed by atoms with Gasteiger partial charge in [0.1, 0.15) is 0 Å². The maximum Gasteiger partial charge on any atom is 0.230 e. The van der Waals surface area contributed by atoms with Crippen molar-refractivity contribution in [2.75, 3.05) is 6.54 Å². The van der Waals surface area contributed by atoms with E-state index in [1.165, 1.54) is 4.90 Å². The third-order valence-corrected chi connectivity index (χ3v) is 2.81. The molecule has 0 aliphatic carbocycles. The summed E-state index contributed by atoms with van der Waals surface area (Å²) < 4.78 is 0. The monoisotopic (exact) mass is 218 g/mol. The van der Waals surface area contributed by atoms with Gasteiger partial charge in [0, 0.05) is 19.4 Å². The van der Waals surface area contributed by atoms with Gasteiger partial charge in [-0.3, -0.25) is 14.5 Å². The molecule has 1 aromatic carbocycles. The summed E-state index contributed by atoms with van der Waals surface area (Å²) in [6.45, 7) is 0.265. The van der Waals surface area contributed by atoms with Gasteiger partial charge in [0.25, 0.3) is 0 Å². The number of carbonyl (C=O) groups is 2. The van der Waals surface area contributed by atoms with E-state index in [0.717, 1.165) is 5.56 Å². The third kappa shape index (κ3) is 1.84. The lowest BCUT2D eigenvalue weighted by Crippen LogP contribution is -2.37. The first kappa shape index (κ1) is 10.8. The van der Waals surface area contributed by atoms with Gasteiger partial charge in [-0.15, -0.1) is 0 Å². The van der Waals surface area contributed by atoms with Gasteiger partial charge >= 0.3 is 0 Å². The van der Waals surface area contributed by atoms with E-state index in [-0.39, 0.29) is 24.4 Å². The van der Waals surface area contributed by atoms with Crippen molar-refractivity contribution in [2.24, 2.45) is 5.73 Å². The van der Waals surface area contributed by atoms with Gasteiger partial charge in [-0.2, -0.15) is 0 Å². The van der Waals surface area contributed by atoms with Gasteiger partial charge in [0.05, 0.1) is 6.04 Å². The minimum absolute atomic E-state index is 0.121. The minimum Gasteiger partial charge on any atom is -0.328 e. The summed E-state index contributed by atoms with van der Waals surface area (Å²) in [6.07, 6.45) is 0.615. The van der Waals surface area contributed by atoms with Crippen LogP contribution in [0.2, 0.25) is 0 Å². The van der Waals surface area contributed by atoms with Crippen LogP contribution in [-0.4, -0.2) is 23.3 Å². The first-order valence-corrected chi connectivity index (χ1v) is 5.34. The number of nitrogens with two attached hydrogens (primary N) is 1. The molecule has 0 aromatic heterocycles. The maximum atomic E-state index is 11.6. The van der Waals surface area contributed by atoms with Gasteiger partial charge in [-0.05, 0) is 5.56 Å². The Balaban J connectivity index is 2.29. The van der Waals surface area contributed by atoms with Crippen LogP contribution in [0.15, 0.2) is 30.3 Å². The number of hydrogen-bond acceptors (Lipinski definition) is 3. The van der Waals surface area contributed by atoms with Crippen molar-refractivity contribution in [1.29, 1.82) is 0 Å². The first-order chi connectivity index (χ1) is 7.74. The van der Waals surface area contributed by atoms with E-state index in [2.05, 4.69) is 0 Å². The Labute approximate surface area is 94.0 Å². The Hall–Kier alpha value is -1.68. The highest BCUT2D eigenvalue weighted by Crippen LogP contribution is 2.25. The van der Waals surface area contributed by atoms with Gasteiger partial charge in [-0.1, -0.05) is 30.3 Å². The van der Waals surface area contributed by atoms with Crippen LogP contribution in [0.4, 0.5) is 0 Å². The number of hydrogen-bond donors (Lipinski definition) is 1. The average Bonchev–Trinajstić information content (AvgIpc) is 2.63. The van der Waals surface area contributed by atoms with Crippen molar-refractivity contribution in [3.8, 4) is 0 Å². The lowest BCUT2D eigenvalue weighted by molar-refractivity contribution is -0.141. The van der Waals surface area contributed by atoms with E-state index < -0.39 is 0 Å². The van der Waals surface area contributed by atoms with Crippen LogP contribution in [0.5, 0.6) is 0 Å². The zero-order chi connectivity index (χ0) is 11.5. The van der Waals surface area contributed by atoms with Gasteiger partial charge < -0.3 is 5.73 Å². The minimum atomic E-state index is -0.316. The number of benzene rings is 1. The van der Waals surface area contributed by atoms with E-state index in [4.69, 9.17) is 5.73 Å². The number of carbonyl (C=O) groups excluding carboxylic acids is 2. The van der Waals surface area contributed by atoms with Crippen LogP contribution in [-0.2, 0) is 9.59 Å². The molecule has 1 heterocycles. The van der Waals surface area contributed by atoms with Crippen molar-refractivity contribution in [3.63, 3.8) is 0 Å². The molecule has 1 atom stereocenters. The highest BCUT2D eigenvalue weighted by molar-refractivity contribution is 6.02. The Bertz CT molecular complexity index is 387. The molecule has 4 heteroatoms. The smallest absolute Gasteiger partial charge is 0.230 e. The molecule has 1 saturated heterocycles. The number of likely N-dealkylation sites (tertiary alicyclic amines) is 1. The molecule has 1 aliphatic rings. The van der Waals surface area contributed by atoms with Crippen LogP contribution in [0.1, 0.15) is 24.4 Å². The van der Waals surface area contributed by atoms with Crippen molar-refractivity contribution < 1.29 is 9.59 Å². The maximum absolute atomic E-state index is 11.6. The van der Waals surface area contributed by atoms with Crippen LogP contribution < -0.4 is 5.73 Å². The summed E-state index contributed by atoms with van der Waals surface area (Å²) in [4.78, 5) is 24.5. The van der Waals surface area contributed by atoms with E-state index in [0.29, 0.717) is 12.8 Å². The average molecular weight is 218 g/mol. The Morgan fingerprint density at radius 3 is 2.19 bits per heavy atom. The van der Waals surface area contributed by atoms with Gasteiger partial charge in [-0.25, -0.2) is 0 Å². The fraction of sp³-hybridized carbons (Fsp3) is 0.333. The number of amides is 2. The topological polar surface area (TPSA) is 63.4 Å². The first-order valence-electron chi connectivity index (χ1n) is 5.34. The molecular weight excluding hydrogens is 204 g/mol. The molecule has 0 saturated carbocycles. The summed E-state index contributed by atoms with van der Waals surface area (Å²) >= 11 is 0. The lowest BCUT2D eigenvalue weighted by Gasteiger charge is -2.25. The Morgan fingerprint density at radius 1 is 1.12 bits per heavy atom. The largest absolute Gasteiger partial charge is 0.328 e.